The summed E-state index contributed by atoms with van der Waals surface area (Å²) < 4.78 is 0. The van der Waals surface area contributed by atoms with Gasteiger partial charge in [-0.3, -0.25) is 0 Å². The maximum absolute atomic E-state index is 3.42. The topological polar surface area (TPSA) is 12.0 Å². The molecule has 1 aromatic rings. The van der Waals surface area contributed by atoms with Gasteiger partial charge in [-0.15, -0.1) is 0 Å². The van der Waals surface area contributed by atoms with Gasteiger partial charge >= 0.3 is 0 Å². The highest BCUT2D eigenvalue weighted by Crippen LogP contribution is 2.45. The Kier molecular flexibility index (Phi) is 2.38. The molecule has 1 aliphatic carbocycles. The number of rotatable bonds is 1. The van der Waals surface area contributed by atoms with Crippen LogP contribution in [0.25, 0.3) is 0 Å². The minimum absolute atomic E-state index is 0.321. The van der Waals surface area contributed by atoms with Crippen LogP contribution in [0.5, 0.6) is 0 Å². The van der Waals surface area contributed by atoms with Crippen molar-refractivity contribution in [2.24, 2.45) is 0 Å². The lowest BCUT2D eigenvalue weighted by molar-refractivity contribution is 0.447. The smallest absolute Gasteiger partial charge is 0.0328 e. The van der Waals surface area contributed by atoms with Gasteiger partial charge in [-0.1, -0.05) is 26.0 Å². The Morgan fingerprint density at radius 1 is 1.20 bits per heavy atom. The summed E-state index contributed by atoms with van der Waals surface area (Å²) >= 11 is 0. The van der Waals surface area contributed by atoms with Crippen molar-refractivity contribution in [2.75, 3.05) is 7.05 Å². The van der Waals surface area contributed by atoms with Gasteiger partial charge in [-0.25, -0.2) is 0 Å². The Labute approximate surface area is 92.9 Å². The van der Waals surface area contributed by atoms with E-state index in [-0.39, 0.29) is 0 Å². The second-order valence-corrected chi connectivity index (χ2v) is 5.45. The van der Waals surface area contributed by atoms with E-state index in [0.29, 0.717) is 11.5 Å². The van der Waals surface area contributed by atoms with Crippen molar-refractivity contribution in [1.29, 1.82) is 0 Å². The van der Waals surface area contributed by atoms with Crippen LogP contribution in [-0.2, 0) is 5.41 Å². The molecule has 1 nitrogen and oxygen atoms in total. The number of aryl methyl sites for hydroxylation is 2. The molecule has 0 aliphatic heterocycles. The van der Waals surface area contributed by atoms with Crippen LogP contribution in [0, 0.1) is 13.8 Å². The van der Waals surface area contributed by atoms with Crippen LogP contribution in [0.1, 0.15) is 48.6 Å². The fourth-order valence-corrected chi connectivity index (χ4v) is 2.70. The number of nitrogens with one attached hydrogen (secondary N) is 1. The van der Waals surface area contributed by atoms with Crippen LogP contribution in [0.4, 0.5) is 0 Å². The van der Waals surface area contributed by atoms with Gasteiger partial charge in [-0.2, -0.15) is 0 Å². The Hall–Kier alpha value is -0.820. The summed E-state index contributed by atoms with van der Waals surface area (Å²) in [6.07, 6.45) is 1.21. The van der Waals surface area contributed by atoms with E-state index < -0.39 is 0 Å². The fraction of sp³-hybridized carbons (Fsp3) is 0.571. The van der Waals surface area contributed by atoms with Crippen molar-refractivity contribution in [3.8, 4) is 0 Å². The molecule has 1 atom stereocenters. The van der Waals surface area contributed by atoms with Gasteiger partial charge in [0.05, 0.1) is 0 Å². The van der Waals surface area contributed by atoms with Crippen molar-refractivity contribution >= 4 is 0 Å². The fourth-order valence-electron chi connectivity index (χ4n) is 2.70. The van der Waals surface area contributed by atoms with Crippen molar-refractivity contribution < 1.29 is 0 Å². The predicted octanol–water partition coefficient (Wildman–Crippen LogP) is 3.25. The average molecular weight is 203 g/mol. The molecule has 0 aromatic heterocycles. The molecule has 0 spiro atoms. The molecule has 2 rings (SSSR count). The Morgan fingerprint density at radius 3 is 2.40 bits per heavy atom. The van der Waals surface area contributed by atoms with E-state index in [1.54, 1.807) is 0 Å². The molecule has 1 aromatic carbocycles. The van der Waals surface area contributed by atoms with Crippen LogP contribution in [0.15, 0.2) is 12.1 Å². The summed E-state index contributed by atoms with van der Waals surface area (Å²) in [4.78, 5) is 0. The zero-order valence-electron chi connectivity index (χ0n) is 10.4. The van der Waals surface area contributed by atoms with E-state index in [1.807, 2.05) is 0 Å². The number of hydrogen-bond donors (Lipinski definition) is 1. The molecule has 15 heavy (non-hydrogen) atoms. The maximum Gasteiger partial charge on any atom is 0.0328 e. The third-order valence-corrected chi connectivity index (χ3v) is 3.83. The van der Waals surface area contributed by atoms with Crippen LogP contribution in [0.3, 0.4) is 0 Å². The summed E-state index contributed by atoms with van der Waals surface area (Å²) in [5.74, 6) is 0. The van der Waals surface area contributed by atoms with E-state index in [9.17, 15) is 0 Å². The lowest BCUT2D eigenvalue weighted by Gasteiger charge is -2.19. The first-order valence-electron chi connectivity index (χ1n) is 5.74. The predicted molar refractivity (Wildman–Crippen MR) is 65.4 cm³/mol. The van der Waals surface area contributed by atoms with E-state index in [4.69, 9.17) is 0 Å². The summed E-state index contributed by atoms with van der Waals surface area (Å²) in [7, 11) is 2.06. The molecular formula is C14H21N. The Balaban J connectivity index is 2.59. The van der Waals surface area contributed by atoms with E-state index in [1.165, 1.54) is 28.7 Å². The molecule has 1 unspecified atom stereocenters. The van der Waals surface area contributed by atoms with E-state index >= 15 is 0 Å². The highest BCUT2D eigenvalue weighted by Gasteiger charge is 2.36. The van der Waals surface area contributed by atoms with Gasteiger partial charge in [0, 0.05) is 6.04 Å². The van der Waals surface area contributed by atoms with Gasteiger partial charge in [-0.05, 0) is 55.0 Å². The van der Waals surface area contributed by atoms with Gasteiger partial charge in [0.25, 0.3) is 0 Å². The zero-order valence-corrected chi connectivity index (χ0v) is 10.4. The van der Waals surface area contributed by atoms with E-state index in [0.717, 1.165) is 0 Å². The van der Waals surface area contributed by atoms with Gasteiger partial charge in [0.1, 0.15) is 0 Å². The first kappa shape index (κ1) is 10.7. The third-order valence-electron chi connectivity index (χ3n) is 3.83. The molecular weight excluding hydrogens is 182 g/mol. The Morgan fingerprint density at radius 2 is 1.80 bits per heavy atom. The minimum atomic E-state index is 0.321. The molecule has 0 amide bonds. The Bertz CT molecular complexity index is 391. The molecule has 0 fully saturated rings. The van der Waals surface area contributed by atoms with Gasteiger partial charge in [0.2, 0.25) is 0 Å². The second-order valence-electron chi connectivity index (χ2n) is 5.45. The quantitative estimate of drug-likeness (QED) is 0.739. The minimum Gasteiger partial charge on any atom is -0.313 e. The first-order chi connectivity index (χ1) is 6.95. The van der Waals surface area contributed by atoms with E-state index in [2.05, 4.69) is 52.2 Å². The summed E-state index contributed by atoms with van der Waals surface area (Å²) in [6.45, 7) is 9.10. The summed E-state index contributed by atoms with van der Waals surface area (Å²) in [5.41, 5.74) is 6.18. The lowest BCUT2D eigenvalue weighted by Crippen LogP contribution is -2.17. The molecule has 0 saturated carbocycles. The van der Waals surface area contributed by atoms with Crippen molar-refractivity contribution in [3.63, 3.8) is 0 Å². The SMILES string of the molecule is CNC1CC(C)(C)c2cc(C)c(C)cc21. The van der Waals surface area contributed by atoms with Crippen molar-refractivity contribution in [3.05, 3.63) is 34.4 Å². The lowest BCUT2D eigenvalue weighted by atomic mass is 9.85. The van der Waals surface area contributed by atoms with Crippen LogP contribution >= 0.6 is 0 Å². The van der Waals surface area contributed by atoms with Crippen LogP contribution < -0.4 is 5.32 Å². The summed E-state index contributed by atoms with van der Waals surface area (Å²) in [6, 6.07) is 5.28. The third kappa shape index (κ3) is 1.59. The second kappa shape index (κ2) is 3.34. The molecule has 0 saturated heterocycles. The molecule has 0 heterocycles. The number of fused-ring (bicyclic) bond motifs is 1. The maximum atomic E-state index is 3.42. The van der Waals surface area contributed by atoms with Crippen LogP contribution in [0.2, 0.25) is 0 Å². The average Bonchev–Trinajstić information content (AvgIpc) is 2.40. The van der Waals surface area contributed by atoms with Crippen molar-refractivity contribution in [1.82, 2.24) is 5.32 Å². The molecule has 1 heteroatoms. The standard InChI is InChI=1S/C14H21N/c1-9-6-11-12(7-10(9)2)14(3,4)8-13(11)15-5/h6-7,13,15H,8H2,1-5H3. The highest BCUT2D eigenvalue weighted by atomic mass is 14.9. The van der Waals surface area contributed by atoms with Gasteiger partial charge in [0.15, 0.2) is 0 Å². The summed E-state index contributed by atoms with van der Waals surface area (Å²) in [5, 5.41) is 3.42. The highest BCUT2D eigenvalue weighted by molar-refractivity contribution is 5.46. The largest absolute Gasteiger partial charge is 0.313 e. The normalized spacial score (nSPS) is 22.9. The van der Waals surface area contributed by atoms with Crippen molar-refractivity contribution in [2.45, 2.75) is 45.6 Å². The molecule has 82 valence electrons. The number of hydrogen-bond acceptors (Lipinski definition) is 1. The molecule has 1 aliphatic rings. The first-order valence-corrected chi connectivity index (χ1v) is 5.74. The van der Waals surface area contributed by atoms with Crippen LogP contribution in [-0.4, -0.2) is 7.05 Å². The number of benzene rings is 1. The van der Waals surface area contributed by atoms with Gasteiger partial charge < -0.3 is 5.32 Å². The molecule has 1 N–H and O–H groups in total. The monoisotopic (exact) mass is 203 g/mol. The molecule has 0 bridgehead atoms. The zero-order chi connectivity index (χ0) is 11.2. The molecule has 0 radical (unpaired) electrons.